The maximum Gasteiger partial charge on any atom is 0.0346 e. The normalized spacial score (nSPS) is 11.1. The predicted octanol–water partition coefficient (Wildman–Crippen LogP) is 8.39. The van der Waals surface area contributed by atoms with Crippen molar-refractivity contribution in [2.24, 2.45) is 0 Å². The Kier molecular flexibility index (Phi) is 4.51. The predicted molar refractivity (Wildman–Crippen MR) is 136 cm³/mol. The molecule has 150 valence electrons. The molecule has 1 heteroatoms. The molecular formula is C31H21N. The number of fused-ring (bicyclic) bond motifs is 2. The average molecular weight is 408 g/mol. The molecular weight excluding hydrogens is 386 g/mol. The number of rotatable bonds is 3. The minimum absolute atomic E-state index is 1.14. The summed E-state index contributed by atoms with van der Waals surface area (Å²) in [6.45, 7) is 0. The van der Waals surface area contributed by atoms with E-state index in [9.17, 15) is 0 Å². The van der Waals surface area contributed by atoms with Gasteiger partial charge in [0.2, 0.25) is 0 Å². The summed E-state index contributed by atoms with van der Waals surface area (Å²) < 4.78 is 0. The molecule has 0 saturated heterocycles. The van der Waals surface area contributed by atoms with E-state index in [1.165, 1.54) is 49.4 Å². The topological polar surface area (TPSA) is 12.9 Å². The Balaban J connectivity index is 1.79. The maximum absolute atomic E-state index is 4.41. The highest BCUT2D eigenvalue weighted by molar-refractivity contribution is 6.22. The van der Waals surface area contributed by atoms with Crippen molar-refractivity contribution in [1.29, 1.82) is 0 Å². The fraction of sp³-hybridized carbons (Fsp3) is 0. The van der Waals surface area contributed by atoms with E-state index in [1.807, 2.05) is 18.5 Å². The van der Waals surface area contributed by atoms with Gasteiger partial charge in [0.15, 0.2) is 0 Å². The molecule has 0 spiro atoms. The average Bonchev–Trinajstić information content (AvgIpc) is 2.88. The van der Waals surface area contributed by atoms with Gasteiger partial charge >= 0.3 is 0 Å². The van der Waals surface area contributed by atoms with E-state index in [0.29, 0.717) is 0 Å². The van der Waals surface area contributed by atoms with Crippen molar-refractivity contribution in [3.8, 4) is 33.4 Å². The first-order chi connectivity index (χ1) is 15.9. The lowest BCUT2D eigenvalue weighted by atomic mass is 9.84. The quantitative estimate of drug-likeness (QED) is 0.268. The van der Waals surface area contributed by atoms with Crippen LogP contribution in [0.5, 0.6) is 0 Å². The molecule has 0 fully saturated rings. The molecule has 0 aliphatic rings. The molecule has 6 aromatic rings. The van der Waals surface area contributed by atoms with E-state index >= 15 is 0 Å². The summed E-state index contributed by atoms with van der Waals surface area (Å²) in [5.41, 5.74) is 7.39. The lowest BCUT2D eigenvalue weighted by Crippen LogP contribution is -1.92. The van der Waals surface area contributed by atoms with E-state index in [2.05, 4.69) is 114 Å². The number of pyridine rings is 1. The third kappa shape index (κ3) is 2.99. The van der Waals surface area contributed by atoms with Crippen molar-refractivity contribution in [3.05, 3.63) is 128 Å². The van der Waals surface area contributed by atoms with Crippen LogP contribution in [0.25, 0.3) is 54.9 Å². The first-order valence-electron chi connectivity index (χ1n) is 10.9. The summed E-state index contributed by atoms with van der Waals surface area (Å²) in [5, 5.41) is 5.01. The molecule has 0 aliphatic heterocycles. The number of hydrogen-bond donors (Lipinski definition) is 0. The van der Waals surface area contributed by atoms with Gasteiger partial charge in [-0.1, -0.05) is 109 Å². The minimum Gasteiger partial charge on any atom is -0.264 e. The van der Waals surface area contributed by atoms with Gasteiger partial charge in [-0.25, -0.2) is 0 Å². The maximum atomic E-state index is 4.41. The van der Waals surface area contributed by atoms with Crippen LogP contribution in [0.1, 0.15) is 0 Å². The minimum atomic E-state index is 1.14. The number of benzene rings is 5. The number of aromatic nitrogens is 1. The molecule has 1 heterocycles. The van der Waals surface area contributed by atoms with Crippen LogP contribution in [-0.2, 0) is 0 Å². The third-order valence-electron chi connectivity index (χ3n) is 6.16. The van der Waals surface area contributed by atoms with E-state index in [1.54, 1.807) is 0 Å². The second-order valence-corrected chi connectivity index (χ2v) is 7.99. The molecule has 0 amide bonds. The van der Waals surface area contributed by atoms with Crippen LogP contribution in [0.3, 0.4) is 0 Å². The molecule has 1 nitrogen and oxygen atoms in total. The summed E-state index contributed by atoms with van der Waals surface area (Å²) in [7, 11) is 0. The molecule has 6 rings (SSSR count). The van der Waals surface area contributed by atoms with E-state index in [4.69, 9.17) is 0 Å². The van der Waals surface area contributed by atoms with Crippen LogP contribution in [0.2, 0.25) is 0 Å². The Bertz CT molecular complexity index is 1490. The highest BCUT2D eigenvalue weighted by Gasteiger charge is 2.18. The summed E-state index contributed by atoms with van der Waals surface area (Å²) in [6.07, 6.45) is 3.80. The third-order valence-corrected chi connectivity index (χ3v) is 6.16. The standard InChI is InChI=1S/C31H21N/c1-2-11-22(12-3-1)24-14-4-5-15-25(24)31-28-18-8-6-16-26(28)30(23-13-10-20-32-21-23)27-17-7-9-19-29(27)31/h1-21H. The SMILES string of the molecule is c1ccc(-c2ccccc2-c2c3ccccc3c(-c3cccnc3)c3ccccc23)cc1. The summed E-state index contributed by atoms with van der Waals surface area (Å²) in [6, 6.07) is 41.1. The van der Waals surface area contributed by atoms with Crippen LogP contribution in [0.15, 0.2) is 128 Å². The van der Waals surface area contributed by atoms with Gasteiger partial charge in [-0.3, -0.25) is 4.98 Å². The van der Waals surface area contributed by atoms with E-state index in [0.717, 1.165) is 5.56 Å². The monoisotopic (exact) mass is 407 g/mol. The van der Waals surface area contributed by atoms with E-state index in [-0.39, 0.29) is 0 Å². The fourth-order valence-electron chi connectivity index (χ4n) is 4.81. The van der Waals surface area contributed by atoms with Gasteiger partial charge in [0, 0.05) is 18.0 Å². The largest absolute Gasteiger partial charge is 0.264 e. The summed E-state index contributed by atoms with van der Waals surface area (Å²) in [5.74, 6) is 0. The molecule has 32 heavy (non-hydrogen) atoms. The second-order valence-electron chi connectivity index (χ2n) is 7.99. The van der Waals surface area contributed by atoms with Gasteiger partial charge in [-0.15, -0.1) is 0 Å². The van der Waals surface area contributed by atoms with E-state index < -0.39 is 0 Å². The molecule has 0 aliphatic carbocycles. The number of hydrogen-bond acceptors (Lipinski definition) is 1. The summed E-state index contributed by atoms with van der Waals surface area (Å²) in [4.78, 5) is 4.41. The molecule has 0 atom stereocenters. The van der Waals surface area contributed by atoms with Crippen LogP contribution in [-0.4, -0.2) is 4.98 Å². The van der Waals surface area contributed by atoms with Crippen molar-refractivity contribution in [2.45, 2.75) is 0 Å². The second kappa shape index (κ2) is 7.79. The lowest BCUT2D eigenvalue weighted by molar-refractivity contribution is 1.33. The highest BCUT2D eigenvalue weighted by Crippen LogP contribution is 2.45. The van der Waals surface area contributed by atoms with Crippen molar-refractivity contribution in [1.82, 2.24) is 4.98 Å². The Morgan fingerprint density at radius 3 is 1.47 bits per heavy atom. The first kappa shape index (κ1) is 18.5. The molecule has 0 N–H and O–H groups in total. The molecule has 1 aromatic heterocycles. The van der Waals surface area contributed by atoms with Crippen molar-refractivity contribution in [2.75, 3.05) is 0 Å². The number of nitrogens with zero attached hydrogens (tertiary/aromatic N) is 1. The van der Waals surface area contributed by atoms with Gasteiger partial charge in [0.25, 0.3) is 0 Å². The van der Waals surface area contributed by atoms with Crippen LogP contribution in [0.4, 0.5) is 0 Å². The fourth-order valence-corrected chi connectivity index (χ4v) is 4.81. The molecule has 0 bridgehead atoms. The van der Waals surface area contributed by atoms with Gasteiger partial charge in [0.05, 0.1) is 0 Å². The molecule has 0 radical (unpaired) electrons. The van der Waals surface area contributed by atoms with Crippen molar-refractivity contribution < 1.29 is 0 Å². The molecule has 0 saturated carbocycles. The van der Waals surface area contributed by atoms with Gasteiger partial charge < -0.3 is 0 Å². The Hall–Kier alpha value is -4.23. The molecule has 0 unspecified atom stereocenters. The Labute approximate surface area is 187 Å². The van der Waals surface area contributed by atoms with Gasteiger partial charge in [0.1, 0.15) is 0 Å². The van der Waals surface area contributed by atoms with Crippen molar-refractivity contribution in [3.63, 3.8) is 0 Å². The Morgan fingerprint density at radius 1 is 0.375 bits per heavy atom. The zero-order valence-electron chi connectivity index (χ0n) is 17.6. The van der Waals surface area contributed by atoms with Gasteiger partial charge in [-0.2, -0.15) is 0 Å². The van der Waals surface area contributed by atoms with Gasteiger partial charge in [-0.05, 0) is 55.4 Å². The first-order valence-corrected chi connectivity index (χ1v) is 10.9. The Morgan fingerprint density at radius 2 is 0.875 bits per heavy atom. The highest BCUT2D eigenvalue weighted by atomic mass is 14.6. The van der Waals surface area contributed by atoms with Crippen LogP contribution < -0.4 is 0 Å². The smallest absolute Gasteiger partial charge is 0.0346 e. The summed E-state index contributed by atoms with van der Waals surface area (Å²) >= 11 is 0. The zero-order chi connectivity index (χ0) is 21.3. The van der Waals surface area contributed by atoms with Crippen LogP contribution >= 0.6 is 0 Å². The lowest BCUT2D eigenvalue weighted by Gasteiger charge is -2.19. The van der Waals surface area contributed by atoms with Crippen LogP contribution in [0, 0.1) is 0 Å². The zero-order valence-corrected chi connectivity index (χ0v) is 17.6. The molecule has 5 aromatic carbocycles. The van der Waals surface area contributed by atoms with Crippen molar-refractivity contribution >= 4 is 21.5 Å².